The van der Waals surface area contributed by atoms with Crippen molar-refractivity contribution >= 4 is 22.6 Å². The Morgan fingerprint density at radius 3 is 2.76 bits per heavy atom. The third kappa shape index (κ3) is 1.84. The fourth-order valence-electron chi connectivity index (χ4n) is 1.71. The first-order valence-corrected chi connectivity index (χ1v) is 4.98. The van der Waals surface area contributed by atoms with E-state index in [9.17, 15) is 14.9 Å². The quantitative estimate of drug-likeness (QED) is 0.651. The van der Waals surface area contributed by atoms with E-state index < -0.39 is 16.9 Å². The SMILES string of the molecule is C[C@@H](C(=O)O)n1ccc2ccc([N+](=O)[O-])cc21. The number of aromatic nitrogens is 1. The summed E-state index contributed by atoms with van der Waals surface area (Å²) in [7, 11) is 0. The van der Waals surface area contributed by atoms with Crippen LogP contribution in [0.4, 0.5) is 5.69 Å². The Balaban J connectivity index is 2.61. The van der Waals surface area contributed by atoms with Crippen LogP contribution in [0.15, 0.2) is 30.5 Å². The molecule has 0 aliphatic carbocycles. The Kier molecular flexibility index (Phi) is 2.55. The Hall–Kier alpha value is -2.37. The molecular weight excluding hydrogens is 224 g/mol. The smallest absolute Gasteiger partial charge is 0.326 e. The predicted octanol–water partition coefficient (Wildman–Crippen LogP) is 2.20. The number of carboxylic acid groups (broad SMARTS) is 1. The maximum Gasteiger partial charge on any atom is 0.326 e. The Morgan fingerprint density at radius 2 is 2.18 bits per heavy atom. The highest BCUT2D eigenvalue weighted by Crippen LogP contribution is 2.24. The van der Waals surface area contributed by atoms with Crippen LogP contribution in [0.3, 0.4) is 0 Å². The lowest BCUT2D eigenvalue weighted by atomic mass is 10.2. The molecule has 1 N–H and O–H groups in total. The zero-order valence-electron chi connectivity index (χ0n) is 9.03. The summed E-state index contributed by atoms with van der Waals surface area (Å²) in [6.07, 6.45) is 1.62. The van der Waals surface area contributed by atoms with Crippen LogP contribution < -0.4 is 0 Å². The van der Waals surface area contributed by atoms with Gasteiger partial charge in [-0.25, -0.2) is 4.79 Å². The van der Waals surface area contributed by atoms with Crippen molar-refractivity contribution in [2.75, 3.05) is 0 Å². The van der Waals surface area contributed by atoms with E-state index in [1.165, 1.54) is 23.6 Å². The number of nitro groups is 1. The number of carbonyl (C=O) groups is 1. The number of fused-ring (bicyclic) bond motifs is 1. The molecule has 6 nitrogen and oxygen atoms in total. The molecule has 0 aliphatic rings. The van der Waals surface area contributed by atoms with Crippen molar-refractivity contribution in [3.8, 4) is 0 Å². The number of non-ortho nitro benzene ring substituents is 1. The van der Waals surface area contributed by atoms with Crippen molar-refractivity contribution in [2.45, 2.75) is 13.0 Å². The van der Waals surface area contributed by atoms with E-state index in [0.717, 1.165) is 5.39 Å². The molecule has 2 rings (SSSR count). The Bertz CT molecular complexity index is 603. The minimum Gasteiger partial charge on any atom is -0.480 e. The van der Waals surface area contributed by atoms with E-state index in [2.05, 4.69) is 0 Å². The number of rotatable bonds is 3. The highest BCUT2D eigenvalue weighted by Gasteiger charge is 2.16. The number of hydrogen-bond acceptors (Lipinski definition) is 3. The summed E-state index contributed by atoms with van der Waals surface area (Å²) in [5.41, 5.74) is 0.504. The van der Waals surface area contributed by atoms with Crippen LogP contribution in [0.1, 0.15) is 13.0 Å². The first kappa shape index (κ1) is 11.1. The lowest BCUT2D eigenvalue weighted by molar-refractivity contribution is -0.384. The number of carboxylic acids is 1. The average Bonchev–Trinajstić information content (AvgIpc) is 2.70. The van der Waals surface area contributed by atoms with Gasteiger partial charge in [0.15, 0.2) is 0 Å². The second-order valence-electron chi connectivity index (χ2n) is 3.74. The Labute approximate surface area is 96.2 Å². The molecule has 0 unspecified atom stereocenters. The molecule has 2 aromatic rings. The van der Waals surface area contributed by atoms with Crippen molar-refractivity contribution < 1.29 is 14.8 Å². The van der Waals surface area contributed by atoms with Gasteiger partial charge >= 0.3 is 5.97 Å². The first-order chi connectivity index (χ1) is 8.00. The van der Waals surface area contributed by atoms with Crippen LogP contribution in [0.5, 0.6) is 0 Å². The zero-order valence-corrected chi connectivity index (χ0v) is 9.03. The summed E-state index contributed by atoms with van der Waals surface area (Å²) in [5, 5.41) is 20.4. The summed E-state index contributed by atoms with van der Waals surface area (Å²) in [6, 6.07) is 5.37. The van der Waals surface area contributed by atoms with Crippen molar-refractivity contribution in [3.05, 3.63) is 40.6 Å². The van der Waals surface area contributed by atoms with Gasteiger partial charge in [-0.1, -0.05) is 0 Å². The zero-order chi connectivity index (χ0) is 12.6. The average molecular weight is 234 g/mol. The number of hydrogen-bond donors (Lipinski definition) is 1. The fourth-order valence-corrected chi connectivity index (χ4v) is 1.71. The highest BCUT2D eigenvalue weighted by atomic mass is 16.6. The van der Waals surface area contributed by atoms with Crippen molar-refractivity contribution in [1.29, 1.82) is 0 Å². The van der Waals surface area contributed by atoms with E-state index in [0.29, 0.717) is 5.52 Å². The molecule has 0 spiro atoms. The first-order valence-electron chi connectivity index (χ1n) is 4.98. The number of nitro benzene ring substituents is 1. The topological polar surface area (TPSA) is 85.4 Å². The number of benzene rings is 1. The monoisotopic (exact) mass is 234 g/mol. The molecular formula is C11H10N2O4. The maximum absolute atomic E-state index is 10.9. The van der Waals surface area contributed by atoms with Crippen LogP contribution >= 0.6 is 0 Å². The van der Waals surface area contributed by atoms with Gasteiger partial charge in [0, 0.05) is 23.7 Å². The van der Waals surface area contributed by atoms with Crippen molar-refractivity contribution in [3.63, 3.8) is 0 Å². The van der Waals surface area contributed by atoms with Crippen LogP contribution in [0.25, 0.3) is 10.9 Å². The molecule has 1 aromatic heterocycles. The minimum absolute atomic E-state index is 0.0463. The lowest BCUT2D eigenvalue weighted by Crippen LogP contribution is -2.14. The van der Waals surface area contributed by atoms with Crippen molar-refractivity contribution in [2.24, 2.45) is 0 Å². The van der Waals surface area contributed by atoms with Crippen LogP contribution in [0, 0.1) is 10.1 Å². The summed E-state index contributed by atoms with van der Waals surface area (Å²) in [5.74, 6) is -0.978. The third-order valence-electron chi connectivity index (χ3n) is 2.69. The predicted molar refractivity (Wildman–Crippen MR) is 60.9 cm³/mol. The summed E-state index contributed by atoms with van der Waals surface area (Å²) < 4.78 is 1.50. The van der Waals surface area contributed by atoms with Crippen molar-refractivity contribution in [1.82, 2.24) is 4.57 Å². The maximum atomic E-state index is 10.9. The normalized spacial score (nSPS) is 12.5. The van der Waals surface area contributed by atoms with Gasteiger partial charge in [0.25, 0.3) is 5.69 Å². The molecule has 0 aliphatic heterocycles. The molecule has 0 saturated heterocycles. The molecule has 0 amide bonds. The van der Waals surface area contributed by atoms with Crippen LogP contribution in [-0.2, 0) is 4.79 Å². The number of nitrogens with zero attached hydrogens (tertiary/aromatic N) is 2. The van der Waals surface area contributed by atoms with Gasteiger partial charge in [-0.3, -0.25) is 10.1 Å². The van der Waals surface area contributed by atoms with Gasteiger partial charge in [0.1, 0.15) is 6.04 Å². The molecule has 88 valence electrons. The molecule has 1 aromatic carbocycles. The summed E-state index contributed by atoms with van der Waals surface area (Å²) in [4.78, 5) is 21.1. The summed E-state index contributed by atoms with van der Waals surface area (Å²) in [6.45, 7) is 1.53. The van der Waals surface area contributed by atoms with E-state index >= 15 is 0 Å². The molecule has 6 heteroatoms. The van der Waals surface area contributed by atoms with Gasteiger partial charge in [-0.15, -0.1) is 0 Å². The molecule has 1 heterocycles. The molecule has 0 saturated carbocycles. The third-order valence-corrected chi connectivity index (χ3v) is 2.69. The molecule has 17 heavy (non-hydrogen) atoms. The minimum atomic E-state index is -0.978. The van der Waals surface area contributed by atoms with E-state index in [-0.39, 0.29) is 5.69 Å². The molecule has 0 bridgehead atoms. The van der Waals surface area contributed by atoms with E-state index in [4.69, 9.17) is 5.11 Å². The van der Waals surface area contributed by atoms with E-state index in [1.807, 2.05) is 0 Å². The molecule has 0 radical (unpaired) electrons. The van der Waals surface area contributed by atoms with Gasteiger partial charge < -0.3 is 9.67 Å². The van der Waals surface area contributed by atoms with Gasteiger partial charge in [-0.05, 0) is 19.1 Å². The van der Waals surface area contributed by atoms with Gasteiger partial charge in [0.05, 0.1) is 10.4 Å². The van der Waals surface area contributed by atoms with Gasteiger partial charge in [0.2, 0.25) is 0 Å². The van der Waals surface area contributed by atoms with Gasteiger partial charge in [-0.2, -0.15) is 0 Å². The molecule has 1 atom stereocenters. The highest BCUT2D eigenvalue weighted by molar-refractivity contribution is 5.84. The lowest BCUT2D eigenvalue weighted by Gasteiger charge is -2.09. The standard InChI is InChI=1S/C11H10N2O4/c1-7(11(14)15)12-5-4-8-2-3-9(13(16)17)6-10(8)12/h2-7H,1H3,(H,14,15)/t7-/m0/s1. The van der Waals surface area contributed by atoms with Crippen LogP contribution in [0.2, 0.25) is 0 Å². The largest absolute Gasteiger partial charge is 0.480 e. The fraction of sp³-hybridized carbons (Fsp3) is 0.182. The second kappa shape index (κ2) is 3.89. The molecule has 0 fully saturated rings. The number of aliphatic carboxylic acids is 1. The Morgan fingerprint density at radius 1 is 1.47 bits per heavy atom. The second-order valence-corrected chi connectivity index (χ2v) is 3.74. The summed E-state index contributed by atoms with van der Waals surface area (Å²) >= 11 is 0. The van der Waals surface area contributed by atoms with E-state index in [1.54, 1.807) is 18.3 Å². The van der Waals surface area contributed by atoms with Crippen LogP contribution in [-0.4, -0.2) is 20.6 Å².